The van der Waals surface area contributed by atoms with E-state index in [1.807, 2.05) is 13.8 Å². The fourth-order valence-electron chi connectivity index (χ4n) is 1.77. The molecule has 1 aliphatic rings. The molecule has 0 bridgehead atoms. The first kappa shape index (κ1) is 12.3. The number of hydrazine groups is 1. The molecule has 0 saturated carbocycles. The Morgan fingerprint density at radius 2 is 2.47 bits per heavy atom. The first-order chi connectivity index (χ1) is 8.02. The second kappa shape index (κ2) is 4.59. The quantitative estimate of drug-likeness (QED) is 0.454. The van der Waals surface area contributed by atoms with Crippen molar-refractivity contribution in [2.24, 2.45) is 5.84 Å². The Bertz CT molecular complexity index is 418. The molecule has 1 fully saturated rings. The van der Waals surface area contributed by atoms with Gasteiger partial charge in [0, 0.05) is 18.5 Å². The van der Waals surface area contributed by atoms with E-state index in [0.29, 0.717) is 12.3 Å². The lowest BCUT2D eigenvalue weighted by Gasteiger charge is -2.37. The Kier molecular flexibility index (Phi) is 3.32. The number of hydrogen-bond donors (Lipinski definition) is 2. The monoisotopic (exact) mass is 256 g/mol. The van der Waals surface area contributed by atoms with E-state index in [0.717, 1.165) is 18.2 Å². The fourth-order valence-corrected chi connectivity index (χ4v) is 2.60. The van der Waals surface area contributed by atoms with Crippen molar-refractivity contribution in [1.29, 1.82) is 0 Å². The number of morpholine rings is 1. The summed E-state index contributed by atoms with van der Waals surface area (Å²) in [6.07, 6.45) is 0. The van der Waals surface area contributed by atoms with E-state index in [9.17, 15) is 4.79 Å². The summed E-state index contributed by atoms with van der Waals surface area (Å²) in [6, 6.07) is 0. The third kappa shape index (κ3) is 2.74. The van der Waals surface area contributed by atoms with E-state index in [2.05, 4.69) is 15.3 Å². The molecule has 0 unspecified atom stereocenters. The molecule has 1 saturated heterocycles. The maximum absolute atomic E-state index is 11.3. The van der Waals surface area contributed by atoms with Crippen molar-refractivity contribution in [3.8, 4) is 0 Å². The Balaban J connectivity index is 2.12. The van der Waals surface area contributed by atoms with Crippen molar-refractivity contribution in [1.82, 2.24) is 10.4 Å². The predicted molar refractivity (Wildman–Crippen MR) is 66.0 cm³/mol. The number of nitrogens with one attached hydrogen (secondary N) is 1. The highest BCUT2D eigenvalue weighted by molar-refractivity contribution is 7.13. The Morgan fingerprint density at radius 1 is 1.71 bits per heavy atom. The number of nitrogens with zero attached hydrogens (tertiary/aromatic N) is 2. The van der Waals surface area contributed by atoms with Crippen molar-refractivity contribution in [3.63, 3.8) is 0 Å². The molecule has 1 aromatic heterocycles. The number of aromatic nitrogens is 1. The lowest BCUT2D eigenvalue weighted by Crippen LogP contribution is -2.48. The molecule has 17 heavy (non-hydrogen) atoms. The van der Waals surface area contributed by atoms with Crippen LogP contribution in [0.4, 0.5) is 5.13 Å². The molecule has 1 aliphatic heterocycles. The van der Waals surface area contributed by atoms with E-state index in [1.165, 1.54) is 11.3 Å². The molecule has 0 aliphatic carbocycles. The molecule has 0 atom stereocenters. The highest BCUT2D eigenvalue weighted by Gasteiger charge is 2.28. The summed E-state index contributed by atoms with van der Waals surface area (Å²) in [5.41, 5.74) is 2.25. The zero-order valence-electron chi connectivity index (χ0n) is 9.90. The lowest BCUT2D eigenvalue weighted by atomic mass is 10.1. The largest absolute Gasteiger partial charge is 0.372 e. The first-order valence-electron chi connectivity index (χ1n) is 5.37. The molecule has 2 heterocycles. The fraction of sp³-hybridized carbons (Fsp3) is 0.600. The molecular formula is C10H16N4O2S. The van der Waals surface area contributed by atoms with Crippen LogP contribution in [-0.4, -0.2) is 36.2 Å². The summed E-state index contributed by atoms with van der Waals surface area (Å²) in [4.78, 5) is 17.7. The molecule has 3 N–H and O–H groups in total. The van der Waals surface area contributed by atoms with E-state index in [4.69, 9.17) is 10.6 Å². The number of hydrogen-bond acceptors (Lipinski definition) is 6. The zero-order valence-corrected chi connectivity index (χ0v) is 10.7. The second-order valence-corrected chi connectivity index (χ2v) is 5.36. The number of ether oxygens (including phenoxy) is 1. The normalized spacial score (nSPS) is 19.1. The van der Waals surface area contributed by atoms with Crippen LogP contribution in [0.3, 0.4) is 0 Å². The minimum absolute atomic E-state index is 0.180. The number of carbonyl (C=O) groups is 1. The van der Waals surface area contributed by atoms with Gasteiger partial charge in [-0.25, -0.2) is 10.8 Å². The minimum atomic E-state index is -0.361. The van der Waals surface area contributed by atoms with E-state index >= 15 is 0 Å². The molecule has 2 rings (SSSR count). The average molecular weight is 256 g/mol. The van der Waals surface area contributed by atoms with Gasteiger partial charge in [-0.15, -0.1) is 11.3 Å². The maximum atomic E-state index is 11.3. The molecule has 0 spiro atoms. The number of nitrogens with two attached hydrogens (primary N) is 1. The van der Waals surface area contributed by atoms with Crippen LogP contribution >= 0.6 is 11.3 Å². The van der Waals surface area contributed by atoms with Gasteiger partial charge in [-0.2, -0.15) is 0 Å². The van der Waals surface area contributed by atoms with Gasteiger partial charge in [0.2, 0.25) is 0 Å². The second-order valence-electron chi connectivity index (χ2n) is 4.52. The summed E-state index contributed by atoms with van der Waals surface area (Å²) < 4.78 is 5.63. The number of carbonyl (C=O) groups excluding carboxylic acids is 1. The summed E-state index contributed by atoms with van der Waals surface area (Å²) >= 11 is 1.44. The van der Waals surface area contributed by atoms with E-state index in [-0.39, 0.29) is 11.5 Å². The van der Waals surface area contributed by atoms with Gasteiger partial charge in [0.05, 0.1) is 12.2 Å². The Labute approximate surface area is 104 Å². The van der Waals surface area contributed by atoms with Crippen molar-refractivity contribution in [2.75, 3.05) is 24.6 Å². The molecule has 6 nitrogen and oxygen atoms in total. The summed E-state index contributed by atoms with van der Waals surface area (Å²) in [5, 5.41) is 2.54. The van der Waals surface area contributed by atoms with Crippen molar-refractivity contribution < 1.29 is 9.53 Å². The van der Waals surface area contributed by atoms with Crippen LogP contribution in [0.15, 0.2) is 5.38 Å². The van der Waals surface area contributed by atoms with Gasteiger partial charge >= 0.3 is 0 Å². The van der Waals surface area contributed by atoms with Gasteiger partial charge in [0.25, 0.3) is 5.91 Å². The third-order valence-corrected chi connectivity index (χ3v) is 3.45. The van der Waals surface area contributed by atoms with Crippen LogP contribution < -0.4 is 16.2 Å². The Hall–Kier alpha value is -1.18. The molecule has 1 amide bonds. The third-order valence-electron chi connectivity index (χ3n) is 2.55. The Morgan fingerprint density at radius 3 is 3.12 bits per heavy atom. The zero-order chi connectivity index (χ0) is 12.5. The molecule has 94 valence electrons. The SMILES string of the molecule is CC1(C)CN(c2nc(C(=O)NN)cs2)CCO1. The summed E-state index contributed by atoms with van der Waals surface area (Å²) in [7, 11) is 0. The number of anilines is 1. The molecular weight excluding hydrogens is 240 g/mol. The summed E-state index contributed by atoms with van der Waals surface area (Å²) in [6.45, 7) is 6.32. The van der Waals surface area contributed by atoms with Gasteiger partial charge < -0.3 is 9.64 Å². The van der Waals surface area contributed by atoms with Crippen LogP contribution in [0.2, 0.25) is 0 Å². The van der Waals surface area contributed by atoms with Crippen molar-refractivity contribution >= 4 is 22.4 Å². The van der Waals surface area contributed by atoms with Crippen molar-refractivity contribution in [2.45, 2.75) is 19.4 Å². The minimum Gasteiger partial charge on any atom is -0.372 e. The molecule has 7 heteroatoms. The van der Waals surface area contributed by atoms with E-state index in [1.54, 1.807) is 5.38 Å². The van der Waals surface area contributed by atoms with Crippen LogP contribution in [0.1, 0.15) is 24.3 Å². The van der Waals surface area contributed by atoms with Gasteiger partial charge in [-0.3, -0.25) is 10.2 Å². The van der Waals surface area contributed by atoms with Gasteiger partial charge in [0.1, 0.15) is 5.69 Å². The number of thiazole rings is 1. The maximum Gasteiger partial charge on any atom is 0.284 e. The van der Waals surface area contributed by atoms with Gasteiger partial charge in [-0.05, 0) is 13.8 Å². The topological polar surface area (TPSA) is 80.5 Å². The predicted octanol–water partition coefficient (Wildman–Crippen LogP) is 0.362. The van der Waals surface area contributed by atoms with Crippen molar-refractivity contribution in [3.05, 3.63) is 11.1 Å². The number of nitrogen functional groups attached to an aromatic ring is 1. The lowest BCUT2D eigenvalue weighted by molar-refractivity contribution is -0.0277. The van der Waals surface area contributed by atoms with Crippen LogP contribution in [0.5, 0.6) is 0 Å². The van der Waals surface area contributed by atoms with Gasteiger partial charge in [0.15, 0.2) is 5.13 Å². The smallest absolute Gasteiger partial charge is 0.284 e. The highest BCUT2D eigenvalue weighted by atomic mass is 32.1. The molecule has 0 radical (unpaired) electrons. The highest BCUT2D eigenvalue weighted by Crippen LogP contribution is 2.26. The average Bonchev–Trinajstić information content (AvgIpc) is 2.76. The number of amides is 1. The van der Waals surface area contributed by atoms with Crippen LogP contribution in [0, 0.1) is 0 Å². The first-order valence-corrected chi connectivity index (χ1v) is 6.25. The van der Waals surface area contributed by atoms with Gasteiger partial charge in [-0.1, -0.05) is 0 Å². The standard InChI is InChI=1S/C10H16N4O2S/c1-10(2)6-14(3-4-16-10)9-12-7(5-17-9)8(15)13-11/h5H,3-4,6,11H2,1-2H3,(H,13,15). The van der Waals surface area contributed by atoms with E-state index < -0.39 is 0 Å². The molecule has 0 aromatic carbocycles. The summed E-state index contributed by atoms with van der Waals surface area (Å²) in [5.74, 6) is 4.71. The molecule has 1 aromatic rings. The van der Waals surface area contributed by atoms with Crippen LogP contribution in [-0.2, 0) is 4.74 Å². The van der Waals surface area contributed by atoms with Crippen LogP contribution in [0.25, 0.3) is 0 Å². The number of rotatable bonds is 2.